The van der Waals surface area contributed by atoms with Crippen LogP contribution >= 0.6 is 31.9 Å². The van der Waals surface area contributed by atoms with Crippen LogP contribution in [0, 0.1) is 0 Å². The van der Waals surface area contributed by atoms with Crippen LogP contribution in [0.15, 0.2) is 67.1 Å². The molecule has 0 saturated carbocycles. The molecule has 0 fully saturated rings. The Labute approximate surface area is 163 Å². The van der Waals surface area contributed by atoms with Crippen molar-refractivity contribution < 1.29 is 0 Å². The molecule has 0 radical (unpaired) electrons. The van der Waals surface area contributed by atoms with E-state index < -0.39 is 0 Å². The second-order valence-corrected chi connectivity index (χ2v) is 8.39. The van der Waals surface area contributed by atoms with Crippen molar-refractivity contribution >= 4 is 74.9 Å². The SMILES string of the molecule is O=c1c2cc(Br)c3cccc4c(=O)c5cc(Br)c6cccc1c6c5-c2c34. The second kappa shape index (κ2) is 4.70. The third-order valence-corrected chi connectivity index (χ3v) is 6.76. The van der Waals surface area contributed by atoms with E-state index in [4.69, 9.17) is 0 Å². The average molecular weight is 464 g/mol. The zero-order chi connectivity index (χ0) is 17.7. The number of hydrogen-bond acceptors (Lipinski definition) is 2. The van der Waals surface area contributed by atoms with Gasteiger partial charge in [-0.25, -0.2) is 0 Å². The maximum absolute atomic E-state index is 13.3. The molecule has 26 heavy (non-hydrogen) atoms. The molecule has 0 aliphatic heterocycles. The van der Waals surface area contributed by atoms with Gasteiger partial charge in [-0.15, -0.1) is 0 Å². The molecule has 2 aliphatic rings. The third-order valence-electron chi connectivity index (χ3n) is 5.45. The molecule has 0 atom stereocenters. The lowest BCUT2D eigenvalue weighted by Crippen LogP contribution is -2.13. The van der Waals surface area contributed by atoms with E-state index in [0.717, 1.165) is 41.6 Å². The van der Waals surface area contributed by atoms with Gasteiger partial charge in [0, 0.05) is 52.4 Å². The van der Waals surface area contributed by atoms with Gasteiger partial charge in [0.2, 0.25) is 0 Å². The van der Waals surface area contributed by atoms with E-state index in [1.165, 1.54) is 0 Å². The highest BCUT2D eigenvalue weighted by Crippen LogP contribution is 2.47. The summed E-state index contributed by atoms with van der Waals surface area (Å²) in [6, 6.07) is 15.3. The molecule has 0 unspecified atom stereocenters. The Morgan fingerprint density at radius 1 is 0.538 bits per heavy atom. The maximum Gasteiger partial charge on any atom is 0.194 e. The number of halogens is 2. The van der Waals surface area contributed by atoms with E-state index in [0.29, 0.717) is 21.5 Å². The second-order valence-electron chi connectivity index (χ2n) is 6.68. The smallest absolute Gasteiger partial charge is 0.194 e. The monoisotopic (exact) mass is 462 g/mol. The predicted octanol–water partition coefficient (Wildman–Crippen LogP) is 5.96. The zero-order valence-corrected chi connectivity index (χ0v) is 16.4. The minimum Gasteiger partial charge on any atom is -0.289 e. The van der Waals surface area contributed by atoms with Gasteiger partial charge in [0.1, 0.15) is 0 Å². The van der Waals surface area contributed by atoms with Gasteiger partial charge in [-0.2, -0.15) is 0 Å². The molecular formula is C22H8Br2O2. The zero-order valence-electron chi connectivity index (χ0n) is 13.2. The van der Waals surface area contributed by atoms with E-state index in [1.54, 1.807) is 0 Å². The minimum atomic E-state index is 0.00824. The molecule has 2 aliphatic carbocycles. The molecule has 0 bridgehead atoms. The van der Waals surface area contributed by atoms with E-state index in [9.17, 15) is 9.59 Å². The van der Waals surface area contributed by atoms with Crippen LogP contribution in [0.1, 0.15) is 0 Å². The summed E-state index contributed by atoms with van der Waals surface area (Å²) in [5, 5.41) is 6.31. The van der Waals surface area contributed by atoms with Crippen LogP contribution < -0.4 is 10.9 Å². The minimum absolute atomic E-state index is 0.00824. The molecular weight excluding hydrogens is 456 g/mol. The van der Waals surface area contributed by atoms with Crippen molar-refractivity contribution in [3.05, 3.63) is 77.9 Å². The van der Waals surface area contributed by atoms with Crippen LogP contribution in [0.5, 0.6) is 0 Å². The number of hydrogen-bond donors (Lipinski definition) is 0. The largest absolute Gasteiger partial charge is 0.289 e. The highest BCUT2D eigenvalue weighted by atomic mass is 79.9. The van der Waals surface area contributed by atoms with Crippen molar-refractivity contribution in [2.24, 2.45) is 0 Å². The van der Waals surface area contributed by atoms with Gasteiger partial charge in [-0.1, -0.05) is 68.3 Å². The first-order valence-corrected chi connectivity index (χ1v) is 9.76. The van der Waals surface area contributed by atoms with Crippen molar-refractivity contribution in [1.82, 2.24) is 0 Å². The van der Waals surface area contributed by atoms with Crippen LogP contribution in [0.4, 0.5) is 0 Å². The maximum atomic E-state index is 13.3. The summed E-state index contributed by atoms with van der Waals surface area (Å²) in [6.07, 6.45) is 0. The van der Waals surface area contributed by atoms with Gasteiger partial charge in [-0.05, 0) is 22.9 Å². The van der Waals surface area contributed by atoms with Crippen LogP contribution in [0.2, 0.25) is 0 Å². The van der Waals surface area contributed by atoms with Crippen LogP contribution in [-0.4, -0.2) is 0 Å². The molecule has 0 saturated heterocycles. The number of rotatable bonds is 0. The molecule has 0 amide bonds. The summed E-state index contributed by atoms with van der Waals surface area (Å²) in [6.45, 7) is 0. The normalized spacial score (nSPS) is 12.5. The van der Waals surface area contributed by atoms with Gasteiger partial charge in [-0.3, -0.25) is 9.59 Å². The van der Waals surface area contributed by atoms with Gasteiger partial charge in [0.05, 0.1) is 0 Å². The van der Waals surface area contributed by atoms with Crippen LogP contribution in [0.25, 0.3) is 54.2 Å². The Morgan fingerprint density at radius 2 is 0.923 bits per heavy atom. The summed E-state index contributed by atoms with van der Waals surface area (Å²) in [4.78, 5) is 26.6. The Bertz CT molecular complexity index is 1470. The standard InChI is InChI=1S/C22H8Br2O2/c23-15-7-14-19-17-9(15)3-1-5-11(17)21(25)13-8-16(24)10-4-2-6-12(22(14)26)18(10)20(13)19/h1-8H. The summed E-state index contributed by atoms with van der Waals surface area (Å²) in [5.41, 5.74) is 1.81. The fraction of sp³-hybridized carbons (Fsp3) is 0. The molecule has 4 heteroatoms. The van der Waals surface area contributed by atoms with Crippen molar-refractivity contribution in [2.75, 3.05) is 0 Å². The summed E-state index contributed by atoms with van der Waals surface area (Å²) >= 11 is 7.19. The van der Waals surface area contributed by atoms with Crippen molar-refractivity contribution in [3.8, 4) is 11.1 Å². The quantitative estimate of drug-likeness (QED) is 0.205. The average Bonchev–Trinajstić information content (AvgIpc) is 2.65. The molecule has 4 aromatic rings. The van der Waals surface area contributed by atoms with E-state index in [-0.39, 0.29) is 10.9 Å². The molecule has 0 N–H and O–H groups in total. The first kappa shape index (κ1) is 14.8. The fourth-order valence-electron chi connectivity index (χ4n) is 4.41. The lowest BCUT2D eigenvalue weighted by molar-refractivity contribution is 1.63. The van der Waals surface area contributed by atoms with Gasteiger partial charge >= 0.3 is 0 Å². The van der Waals surface area contributed by atoms with Crippen molar-refractivity contribution in [3.63, 3.8) is 0 Å². The Morgan fingerprint density at radius 3 is 1.35 bits per heavy atom. The molecule has 6 rings (SSSR count). The molecule has 0 spiro atoms. The number of benzene rings is 6. The van der Waals surface area contributed by atoms with Crippen molar-refractivity contribution in [1.29, 1.82) is 0 Å². The summed E-state index contributed by atoms with van der Waals surface area (Å²) in [5.74, 6) is 0. The summed E-state index contributed by atoms with van der Waals surface area (Å²) < 4.78 is 1.68. The van der Waals surface area contributed by atoms with Crippen LogP contribution in [-0.2, 0) is 0 Å². The van der Waals surface area contributed by atoms with Gasteiger partial charge in [0.15, 0.2) is 10.9 Å². The predicted molar refractivity (Wildman–Crippen MR) is 115 cm³/mol. The highest BCUT2D eigenvalue weighted by molar-refractivity contribution is 9.11. The van der Waals surface area contributed by atoms with E-state index in [1.807, 2.05) is 48.5 Å². The van der Waals surface area contributed by atoms with E-state index >= 15 is 0 Å². The topological polar surface area (TPSA) is 34.1 Å². The first-order chi connectivity index (χ1) is 12.6. The molecule has 2 nitrogen and oxygen atoms in total. The summed E-state index contributed by atoms with van der Waals surface area (Å²) in [7, 11) is 0. The lowest BCUT2D eigenvalue weighted by atomic mass is 9.81. The van der Waals surface area contributed by atoms with Crippen molar-refractivity contribution in [2.45, 2.75) is 0 Å². The molecule has 0 heterocycles. The Balaban J connectivity index is 2.19. The molecule has 122 valence electrons. The fourth-order valence-corrected chi connectivity index (χ4v) is 5.53. The molecule has 0 aromatic heterocycles. The first-order valence-electron chi connectivity index (χ1n) is 8.18. The van der Waals surface area contributed by atoms with Gasteiger partial charge in [0.25, 0.3) is 0 Å². The third kappa shape index (κ3) is 1.54. The van der Waals surface area contributed by atoms with Crippen LogP contribution in [0.3, 0.4) is 0 Å². The highest BCUT2D eigenvalue weighted by Gasteiger charge is 2.27. The molecule has 4 aromatic carbocycles. The lowest BCUT2D eigenvalue weighted by Gasteiger charge is -2.21. The Kier molecular flexibility index (Phi) is 2.68. The van der Waals surface area contributed by atoms with E-state index in [2.05, 4.69) is 31.9 Å². The van der Waals surface area contributed by atoms with Gasteiger partial charge < -0.3 is 0 Å². The Hall–Kier alpha value is -2.30.